The second-order valence-corrected chi connectivity index (χ2v) is 6.10. The second kappa shape index (κ2) is 8.30. The molecule has 0 spiro atoms. The second-order valence-electron chi connectivity index (χ2n) is 5.17. The first-order valence-corrected chi connectivity index (χ1v) is 8.60. The molecule has 2 heterocycles. The van der Waals surface area contributed by atoms with Crippen LogP contribution in [0.25, 0.3) is 0 Å². The molecule has 0 saturated carbocycles. The number of aryl methyl sites for hydroxylation is 1. The Labute approximate surface area is 152 Å². The summed E-state index contributed by atoms with van der Waals surface area (Å²) in [5, 5.41) is 16.8. The van der Waals surface area contributed by atoms with Gasteiger partial charge in [0.1, 0.15) is 5.76 Å². The van der Waals surface area contributed by atoms with E-state index in [9.17, 15) is 9.59 Å². The third-order valence-electron chi connectivity index (χ3n) is 3.11. The summed E-state index contributed by atoms with van der Waals surface area (Å²) in [5.74, 6) is 0.768. The monoisotopic (exact) mass is 373 g/mol. The third-order valence-corrected chi connectivity index (χ3v) is 3.93. The van der Waals surface area contributed by atoms with E-state index in [4.69, 9.17) is 8.94 Å². The van der Waals surface area contributed by atoms with Crippen LogP contribution in [0, 0.1) is 6.92 Å². The van der Waals surface area contributed by atoms with Gasteiger partial charge in [0, 0.05) is 11.6 Å². The molecule has 10 heteroatoms. The molecule has 134 valence electrons. The van der Waals surface area contributed by atoms with E-state index >= 15 is 0 Å². The van der Waals surface area contributed by atoms with Crippen molar-refractivity contribution in [2.24, 2.45) is 0 Å². The number of carbonyl (C=O) groups excluding carboxylic acids is 2. The van der Waals surface area contributed by atoms with Gasteiger partial charge in [-0.15, -0.1) is 10.2 Å². The number of nitrogens with one attached hydrogen (secondary N) is 2. The maximum absolute atomic E-state index is 11.9. The molecule has 0 fully saturated rings. The van der Waals surface area contributed by atoms with E-state index in [0.29, 0.717) is 17.1 Å². The van der Waals surface area contributed by atoms with Crippen molar-refractivity contribution in [1.29, 1.82) is 0 Å². The van der Waals surface area contributed by atoms with Crippen LogP contribution < -0.4 is 10.6 Å². The molecular formula is C16H15N5O4S. The van der Waals surface area contributed by atoms with Crippen LogP contribution in [0.3, 0.4) is 0 Å². The molecule has 0 atom stereocenters. The van der Waals surface area contributed by atoms with E-state index in [0.717, 1.165) is 11.8 Å². The van der Waals surface area contributed by atoms with Crippen molar-refractivity contribution in [2.75, 3.05) is 11.1 Å². The molecule has 3 aromatic rings. The molecule has 2 aromatic heterocycles. The summed E-state index contributed by atoms with van der Waals surface area (Å²) in [6, 6.07) is 10.4. The fourth-order valence-corrected chi connectivity index (χ4v) is 2.53. The fraction of sp³-hybridized carbons (Fsp3) is 0.188. The number of thioether (sulfide) groups is 1. The maximum Gasteiger partial charge on any atom is 0.277 e. The Morgan fingerprint density at radius 1 is 1.19 bits per heavy atom. The Kier molecular flexibility index (Phi) is 5.64. The summed E-state index contributed by atoms with van der Waals surface area (Å²) in [5.41, 5.74) is 0.543. The number of amides is 2. The van der Waals surface area contributed by atoms with Gasteiger partial charge in [-0.1, -0.05) is 35.1 Å². The number of carbonyl (C=O) groups is 2. The normalized spacial score (nSPS) is 10.5. The van der Waals surface area contributed by atoms with Crippen molar-refractivity contribution in [3.8, 4) is 0 Å². The Morgan fingerprint density at radius 3 is 2.73 bits per heavy atom. The third kappa shape index (κ3) is 4.93. The van der Waals surface area contributed by atoms with Crippen molar-refractivity contribution >= 4 is 29.4 Å². The molecule has 1 aromatic carbocycles. The number of nitrogens with zero attached hydrogens (tertiary/aromatic N) is 3. The Hall–Kier alpha value is -3.14. The minimum atomic E-state index is -0.277. The molecule has 2 amide bonds. The van der Waals surface area contributed by atoms with Crippen molar-refractivity contribution in [2.45, 2.75) is 18.7 Å². The van der Waals surface area contributed by atoms with Crippen molar-refractivity contribution in [3.05, 3.63) is 53.6 Å². The highest BCUT2D eigenvalue weighted by molar-refractivity contribution is 7.99. The first kappa shape index (κ1) is 17.7. The predicted molar refractivity (Wildman–Crippen MR) is 92.5 cm³/mol. The number of rotatable bonds is 7. The largest absolute Gasteiger partial charge is 0.414 e. The van der Waals surface area contributed by atoms with Crippen LogP contribution in [0.2, 0.25) is 0 Å². The van der Waals surface area contributed by atoms with Gasteiger partial charge in [-0.3, -0.25) is 9.59 Å². The van der Waals surface area contributed by atoms with Crippen molar-refractivity contribution in [3.63, 3.8) is 0 Å². The number of aromatic nitrogens is 3. The van der Waals surface area contributed by atoms with Gasteiger partial charge in [-0.25, -0.2) is 0 Å². The van der Waals surface area contributed by atoms with Crippen LogP contribution in [-0.2, 0) is 11.3 Å². The summed E-state index contributed by atoms with van der Waals surface area (Å²) >= 11 is 1.08. The van der Waals surface area contributed by atoms with Crippen LogP contribution in [0.4, 0.5) is 5.82 Å². The van der Waals surface area contributed by atoms with Gasteiger partial charge in [0.25, 0.3) is 11.1 Å². The minimum absolute atomic E-state index is 0.0733. The van der Waals surface area contributed by atoms with Gasteiger partial charge in [-0.2, -0.15) is 0 Å². The first-order valence-electron chi connectivity index (χ1n) is 7.62. The zero-order valence-corrected chi connectivity index (χ0v) is 14.6. The number of benzene rings is 1. The van der Waals surface area contributed by atoms with Crippen LogP contribution in [0.1, 0.15) is 22.0 Å². The highest BCUT2D eigenvalue weighted by Crippen LogP contribution is 2.16. The molecule has 0 unspecified atom stereocenters. The fourth-order valence-electron chi connectivity index (χ4n) is 1.95. The van der Waals surface area contributed by atoms with Crippen LogP contribution in [0.15, 0.2) is 50.6 Å². The van der Waals surface area contributed by atoms with E-state index < -0.39 is 0 Å². The average molecular weight is 373 g/mol. The molecule has 2 N–H and O–H groups in total. The Morgan fingerprint density at radius 2 is 2.00 bits per heavy atom. The van der Waals surface area contributed by atoms with E-state index in [1.165, 1.54) is 0 Å². The predicted octanol–water partition coefficient (Wildman–Crippen LogP) is 2.03. The lowest BCUT2D eigenvalue weighted by Crippen LogP contribution is -2.22. The van der Waals surface area contributed by atoms with Gasteiger partial charge in [0.15, 0.2) is 5.82 Å². The van der Waals surface area contributed by atoms with Gasteiger partial charge in [-0.05, 0) is 19.1 Å². The lowest BCUT2D eigenvalue weighted by atomic mass is 10.2. The van der Waals surface area contributed by atoms with E-state index in [1.54, 1.807) is 37.3 Å². The summed E-state index contributed by atoms with van der Waals surface area (Å²) in [6.07, 6.45) is 0. The molecule has 0 aliphatic carbocycles. The van der Waals surface area contributed by atoms with E-state index in [2.05, 4.69) is 26.0 Å². The number of hydrogen-bond acceptors (Lipinski definition) is 8. The van der Waals surface area contributed by atoms with Crippen molar-refractivity contribution in [1.82, 2.24) is 20.7 Å². The van der Waals surface area contributed by atoms with Crippen molar-refractivity contribution < 1.29 is 18.5 Å². The zero-order chi connectivity index (χ0) is 18.4. The number of anilines is 1. The lowest BCUT2D eigenvalue weighted by Gasteiger charge is -2.01. The summed E-state index contributed by atoms with van der Waals surface area (Å²) in [4.78, 5) is 23.8. The molecule has 3 rings (SSSR count). The smallest absolute Gasteiger partial charge is 0.277 e. The Balaban J connectivity index is 1.44. The quantitative estimate of drug-likeness (QED) is 0.603. The lowest BCUT2D eigenvalue weighted by molar-refractivity contribution is -0.113. The summed E-state index contributed by atoms with van der Waals surface area (Å²) in [7, 11) is 0. The standard InChI is InChI=1S/C16H15N5O4S/c1-10-7-12(21-25-10)18-13(22)9-26-16-20-19-14(24-16)8-17-15(23)11-5-3-2-4-6-11/h2-7H,8-9H2,1H3,(H,17,23)(H,18,21,22). The van der Waals surface area contributed by atoms with Crippen LogP contribution in [0.5, 0.6) is 0 Å². The summed E-state index contributed by atoms with van der Waals surface area (Å²) in [6.45, 7) is 1.83. The van der Waals surface area contributed by atoms with Crippen LogP contribution in [-0.4, -0.2) is 32.9 Å². The molecule has 0 aliphatic rings. The molecule has 0 bridgehead atoms. The number of hydrogen-bond donors (Lipinski definition) is 2. The molecule has 0 radical (unpaired) electrons. The van der Waals surface area contributed by atoms with Gasteiger partial charge in [0.05, 0.1) is 12.3 Å². The SMILES string of the molecule is Cc1cc(NC(=O)CSc2nnc(CNC(=O)c3ccccc3)o2)no1. The molecule has 26 heavy (non-hydrogen) atoms. The minimum Gasteiger partial charge on any atom is -0.414 e. The first-order chi connectivity index (χ1) is 12.6. The van der Waals surface area contributed by atoms with Gasteiger partial charge >= 0.3 is 0 Å². The molecule has 0 aliphatic heterocycles. The maximum atomic E-state index is 11.9. The molecule has 0 saturated heterocycles. The van der Waals surface area contributed by atoms with Gasteiger partial charge < -0.3 is 19.6 Å². The highest BCUT2D eigenvalue weighted by Gasteiger charge is 2.12. The average Bonchev–Trinajstić information content (AvgIpc) is 3.27. The Bertz CT molecular complexity index is 893. The summed E-state index contributed by atoms with van der Waals surface area (Å²) < 4.78 is 10.2. The molecular weight excluding hydrogens is 358 g/mol. The topological polar surface area (TPSA) is 123 Å². The van der Waals surface area contributed by atoms with Gasteiger partial charge in [0.2, 0.25) is 11.8 Å². The van der Waals surface area contributed by atoms with E-state index in [1.807, 2.05) is 6.07 Å². The molecule has 9 nitrogen and oxygen atoms in total. The zero-order valence-electron chi connectivity index (χ0n) is 13.8. The van der Waals surface area contributed by atoms with Crippen LogP contribution >= 0.6 is 11.8 Å². The van der Waals surface area contributed by atoms with E-state index in [-0.39, 0.29) is 35.2 Å². The highest BCUT2D eigenvalue weighted by atomic mass is 32.2.